The average molecular weight is 367 g/mol. The lowest BCUT2D eigenvalue weighted by Crippen LogP contribution is -2.26. The molecule has 2 aromatic heterocycles. The van der Waals surface area contributed by atoms with E-state index in [0.29, 0.717) is 23.4 Å². The number of carbonyl (C=O) groups is 1. The van der Waals surface area contributed by atoms with Crippen LogP contribution in [0.5, 0.6) is 0 Å². The van der Waals surface area contributed by atoms with Crippen LogP contribution in [0, 0.1) is 0 Å². The van der Waals surface area contributed by atoms with Gasteiger partial charge >= 0.3 is 0 Å². The molecule has 0 radical (unpaired) electrons. The number of aliphatic imine (C=N–C) groups is 1. The number of carbonyl (C=O) groups excluding carboxylic acids is 1. The lowest BCUT2D eigenvalue weighted by molar-refractivity contribution is 0.0944. The summed E-state index contributed by atoms with van der Waals surface area (Å²) in [5, 5.41) is 14.7. The number of amides is 1. The van der Waals surface area contributed by atoms with Crippen molar-refractivity contribution in [1.29, 1.82) is 0 Å². The summed E-state index contributed by atoms with van der Waals surface area (Å²) >= 11 is 0. The van der Waals surface area contributed by atoms with Gasteiger partial charge in [0.2, 0.25) is 0 Å². The van der Waals surface area contributed by atoms with E-state index in [2.05, 4.69) is 20.6 Å². The molecule has 1 amide bonds. The largest absolute Gasteiger partial charge is 0.395 e. The second kappa shape index (κ2) is 8.19. The minimum Gasteiger partial charge on any atom is -0.395 e. The molecule has 9 heteroatoms. The number of benzene rings is 1. The van der Waals surface area contributed by atoms with Gasteiger partial charge in [0.25, 0.3) is 5.91 Å². The molecular weight excluding hydrogens is 346 g/mol. The molecule has 0 fully saturated rings. The summed E-state index contributed by atoms with van der Waals surface area (Å²) in [7, 11) is 0. The quantitative estimate of drug-likeness (QED) is 0.305. The Hall–Kier alpha value is -3.59. The minimum absolute atomic E-state index is 0.0241. The number of nitrogens with two attached hydrogens (primary N) is 2. The van der Waals surface area contributed by atoms with E-state index in [9.17, 15) is 4.79 Å². The molecule has 3 rings (SSSR count). The molecule has 0 aliphatic rings. The minimum atomic E-state index is -0.245. The first-order valence-corrected chi connectivity index (χ1v) is 8.35. The van der Waals surface area contributed by atoms with Crippen LogP contribution in [0.1, 0.15) is 15.9 Å². The fourth-order valence-corrected chi connectivity index (χ4v) is 2.55. The van der Waals surface area contributed by atoms with Crippen molar-refractivity contribution in [3.8, 4) is 0 Å². The van der Waals surface area contributed by atoms with Crippen molar-refractivity contribution in [3.05, 3.63) is 59.9 Å². The Morgan fingerprint density at radius 3 is 2.70 bits per heavy atom. The highest BCUT2D eigenvalue weighted by atomic mass is 16.3. The third-order valence-electron chi connectivity index (χ3n) is 3.84. The standard InChI is InChI=1S/C18H21N7O2/c19-18(20)24-14-3-1-12(2-4-14)10-22-16-11-23-15-9-13(5-7-25(15)16)17(27)21-6-8-26/h1-5,7,9,11,22,26H,6,8,10H2,(H,21,27)(H4,19,20,24). The Labute approximate surface area is 155 Å². The molecule has 0 saturated heterocycles. The molecule has 3 aromatic rings. The first-order valence-electron chi connectivity index (χ1n) is 8.35. The molecule has 0 unspecified atom stereocenters. The first kappa shape index (κ1) is 18.2. The van der Waals surface area contributed by atoms with E-state index in [-0.39, 0.29) is 25.0 Å². The van der Waals surface area contributed by atoms with Crippen LogP contribution in [0.25, 0.3) is 5.65 Å². The number of aliphatic hydroxyl groups is 1. The second-order valence-corrected chi connectivity index (χ2v) is 5.82. The molecule has 140 valence electrons. The van der Waals surface area contributed by atoms with Gasteiger partial charge in [-0.25, -0.2) is 9.98 Å². The molecular formula is C18H21N7O2. The molecule has 9 nitrogen and oxygen atoms in total. The summed E-state index contributed by atoms with van der Waals surface area (Å²) in [6, 6.07) is 10.9. The molecule has 7 N–H and O–H groups in total. The third kappa shape index (κ3) is 4.53. The highest BCUT2D eigenvalue weighted by molar-refractivity contribution is 5.95. The number of pyridine rings is 1. The second-order valence-electron chi connectivity index (χ2n) is 5.82. The first-order chi connectivity index (χ1) is 13.1. The summed E-state index contributed by atoms with van der Waals surface area (Å²) in [6.45, 7) is 0.709. The van der Waals surface area contributed by atoms with Crippen molar-refractivity contribution in [3.63, 3.8) is 0 Å². The summed E-state index contributed by atoms with van der Waals surface area (Å²) in [5.41, 5.74) is 13.6. The highest BCUT2D eigenvalue weighted by Crippen LogP contribution is 2.16. The summed E-state index contributed by atoms with van der Waals surface area (Å²) < 4.78 is 1.86. The number of imidazole rings is 1. The SMILES string of the molecule is NC(N)=Nc1ccc(CNc2cnc3cc(C(=O)NCCO)ccn23)cc1. The van der Waals surface area contributed by atoms with Crippen LogP contribution >= 0.6 is 0 Å². The smallest absolute Gasteiger partial charge is 0.251 e. The molecule has 0 bridgehead atoms. The van der Waals surface area contributed by atoms with Crippen LogP contribution < -0.4 is 22.1 Å². The van der Waals surface area contributed by atoms with E-state index in [4.69, 9.17) is 16.6 Å². The molecule has 2 heterocycles. The monoisotopic (exact) mass is 367 g/mol. The maximum absolute atomic E-state index is 12.0. The number of hydrogen-bond donors (Lipinski definition) is 5. The number of nitrogens with zero attached hydrogens (tertiary/aromatic N) is 3. The van der Waals surface area contributed by atoms with Gasteiger partial charge in [-0.2, -0.15) is 0 Å². The van der Waals surface area contributed by atoms with Gasteiger partial charge in [-0.3, -0.25) is 9.20 Å². The summed E-state index contributed by atoms with van der Waals surface area (Å²) in [4.78, 5) is 20.3. The number of fused-ring (bicyclic) bond motifs is 1. The predicted octanol–water partition coefficient (Wildman–Crippen LogP) is 0.573. The van der Waals surface area contributed by atoms with Crippen molar-refractivity contribution in [2.45, 2.75) is 6.54 Å². The number of anilines is 1. The third-order valence-corrected chi connectivity index (χ3v) is 3.84. The van der Waals surface area contributed by atoms with Gasteiger partial charge in [0.1, 0.15) is 11.5 Å². The zero-order valence-corrected chi connectivity index (χ0v) is 14.6. The number of aliphatic hydroxyl groups excluding tert-OH is 1. The molecule has 0 saturated carbocycles. The van der Waals surface area contributed by atoms with Crippen LogP contribution in [0.15, 0.2) is 53.8 Å². The zero-order valence-electron chi connectivity index (χ0n) is 14.6. The number of hydrogen-bond acceptors (Lipinski definition) is 5. The topological polar surface area (TPSA) is 143 Å². The van der Waals surface area contributed by atoms with Crippen LogP contribution in [0.2, 0.25) is 0 Å². The van der Waals surface area contributed by atoms with E-state index in [1.807, 2.05) is 28.7 Å². The van der Waals surface area contributed by atoms with Gasteiger partial charge in [0.05, 0.1) is 18.5 Å². The van der Waals surface area contributed by atoms with Crippen molar-refractivity contribution >= 4 is 29.0 Å². The molecule has 27 heavy (non-hydrogen) atoms. The van der Waals surface area contributed by atoms with Gasteiger partial charge in [-0.05, 0) is 29.8 Å². The Balaban J connectivity index is 1.69. The zero-order chi connectivity index (χ0) is 19.2. The van der Waals surface area contributed by atoms with Crippen LogP contribution in [0.4, 0.5) is 11.5 Å². The van der Waals surface area contributed by atoms with Gasteiger partial charge in [-0.1, -0.05) is 12.1 Å². The molecule has 0 atom stereocenters. The lowest BCUT2D eigenvalue weighted by atomic mass is 10.2. The van der Waals surface area contributed by atoms with Crippen LogP contribution in [-0.2, 0) is 6.54 Å². The number of nitrogens with one attached hydrogen (secondary N) is 2. The van der Waals surface area contributed by atoms with Crippen LogP contribution in [-0.4, -0.2) is 39.5 Å². The number of guanidine groups is 1. The van der Waals surface area contributed by atoms with Gasteiger partial charge in [-0.15, -0.1) is 0 Å². The van der Waals surface area contributed by atoms with E-state index < -0.39 is 0 Å². The summed E-state index contributed by atoms with van der Waals surface area (Å²) in [6.07, 6.45) is 3.49. The maximum Gasteiger partial charge on any atom is 0.251 e. The van der Waals surface area contributed by atoms with E-state index >= 15 is 0 Å². The normalized spacial score (nSPS) is 10.6. The Bertz CT molecular complexity index is 960. The fourth-order valence-electron chi connectivity index (χ4n) is 2.55. The van der Waals surface area contributed by atoms with Gasteiger partial charge < -0.3 is 27.2 Å². The number of aromatic nitrogens is 2. The maximum atomic E-state index is 12.0. The number of rotatable bonds is 7. The molecule has 0 aliphatic carbocycles. The fraction of sp³-hybridized carbons (Fsp3) is 0.167. The molecule has 0 aliphatic heterocycles. The van der Waals surface area contributed by atoms with Gasteiger partial charge in [0, 0.05) is 24.8 Å². The van der Waals surface area contributed by atoms with Gasteiger partial charge in [0.15, 0.2) is 5.96 Å². The Morgan fingerprint density at radius 1 is 1.22 bits per heavy atom. The Kier molecular flexibility index (Phi) is 5.53. The van der Waals surface area contributed by atoms with Crippen molar-refractivity contribution < 1.29 is 9.90 Å². The molecule has 0 spiro atoms. The molecule has 1 aromatic carbocycles. The van der Waals surface area contributed by atoms with E-state index in [1.54, 1.807) is 24.5 Å². The van der Waals surface area contributed by atoms with Crippen LogP contribution in [0.3, 0.4) is 0 Å². The lowest BCUT2D eigenvalue weighted by Gasteiger charge is -2.08. The summed E-state index contributed by atoms with van der Waals surface area (Å²) in [5.74, 6) is 0.585. The Morgan fingerprint density at radius 2 is 2.00 bits per heavy atom. The van der Waals surface area contributed by atoms with E-state index in [0.717, 1.165) is 11.4 Å². The average Bonchev–Trinajstić information content (AvgIpc) is 3.07. The predicted molar refractivity (Wildman–Crippen MR) is 104 cm³/mol. The highest BCUT2D eigenvalue weighted by Gasteiger charge is 2.09. The van der Waals surface area contributed by atoms with Crippen molar-refractivity contribution in [2.75, 3.05) is 18.5 Å². The van der Waals surface area contributed by atoms with E-state index in [1.165, 1.54) is 0 Å². The van der Waals surface area contributed by atoms with Crippen molar-refractivity contribution in [2.24, 2.45) is 16.5 Å². The van der Waals surface area contributed by atoms with Crippen molar-refractivity contribution in [1.82, 2.24) is 14.7 Å².